The van der Waals surface area contributed by atoms with Crippen LogP contribution in [0.25, 0.3) is 0 Å². The normalized spacial score (nSPS) is 10.4. The lowest BCUT2D eigenvalue weighted by Gasteiger charge is -2.09. The lowest BCUT2D eigenvalue weighted by atomic mass is 10.3. The summed E-state index contributed by atoms with van der Waals surface area (Å²) in [6, 6.07) is 10.7. The van der Waals surface area contributed by atoms with Crippen LogP contribution in [-0.2, 0) is 0 Å². The van der Waals surface area contributed by atoms with Crippen molar-refractivity contribution in [3.63, 3.8) is 0 Å². The Morgan fingerprint density at radius 1 is 0.647 bits per heavy atom. The van der Waals surface area contributed by atoms with Gasteiger partial charge in [-0.15, -0.1) is 0 Å². The van der Waals surface area contributed by atoms with Crippen molar-refractivity contribution in [2.24, 2.45) is 0 Å². The van der Waals surface area contributed by atoms with Crippen LogP contribution in [0.2, 0.25) is 0 Å². The molecule has 0 fully saturated rings. The molecule has 8 N–H and O–H groups in total. The summed E-state index contributed by atoms with van der Waals surface area (Å²) in [5.41, 5.74) is 25.9. The highest BCUT2D eigenvalue weighted by Gasteiger charge is 2.06. The number of nitrogen functional groups attached to an aromatic ring is 4. The Labute approximate surface area is 104 Å². The van der Waals surface area contributed by atoms with Crippen molar-refractivity contribution in [3.05, 3.63) is 36.4 Å². The average molecular weight is 246 g/mol. The van der Waals surface area contributed by atoms with E-state index in [1.54, 1.807) is 24.3 Å². The first-order valence-electron chi connectivity index (χ1n) is 5.04. The first kappa shape index (κ1) is 11.5. The van der Waals surface area contributed by atoms with E-state index in [9.17, 15) is 0 Å². The molecule has 0 atom stereocenters. The van der Waals surface area contributed by atoms with Crippen LogP contribution in [0.15, 0.2) is 46.2 Å². The minimum atomic E-state index is 0.671. The highest BCUT2D eigenvalue weighted by molar-refractivity contribution is 7.99. The quantitative estimate of drug-likeness (QED) is 0.608. The van der Waals surface area contributed by atoms with E-state index < -0.39 is 0 Å². The van der Waals surface area contributed by atoms with Crippen molar-refractivity contribution in [2.75, 3.05) is 22.9 Å². The van der Waals surface area contributed by atoms with Gasteiger partial charge in [-0.2, -0.15) is 0 Å². The minimum Gasteiger partial charge on any atom is -0.399 e. The molecule has 0 bridgehead atoms. The van der Waals surface area contributed by atoms with Crippen LogP contribution in [-0.4, -0.2) is 0 Å². The Balaban J connectivity index is 2.37. The van der Waals surface area contributed by atoms with Gasteiger partial charge >= 0.3 is 0 Å². The van der Waals surface area contributed by atoms with Crippen LogP contribution in [0.5, 0.6) is 0 Å². The SMILES string of the molecule is Nc1ccc(N)c(Sc2cc(N)ccc2N)c1. The van der Waals surface area contributed by atoms with Crippen LogP contribution in [0.1, 0.15) is 0 Å². The number of hydrogen-bond donors (Lipinski definition) is 4. The van der Waals surface area contributed by atoms with E-state index >= 15 is 0 Å². The van der Waals surface area contributed by atoms with Gasteiger partial charge in [-0.05, 0) is 36.4 Å². The van der Waals surface area contributed by atoms with Gasteiger partial charge in [-0.1, -0.05) is 11.8 Å². The Morgan fingerprint density at radius 2 is 1.06 bits per heavy atom. The van der Waals surface area contributed by atoms with Crippen LogP contribution >= 0.6 is 11.8 Å². The maximum absolute atomic E-state index is 5.88. The molecule has 4 nitrogen and oxygen atoms in total. The van der Waals surface area contributed by atoms with Gasteiger partial charge in [0, 0.05) is 32.5 Å². The molecule has 0 radical (unpaired) electrons. The van der Waals surface area contributed by atoms with Crippen LogP contribution in [0.3, 0.4) is 0 Å². The number of benzene rings is 2. The topological polar surface area (TPSA) is 104 Å². The molecule has 0 unspecified atom stereocenters. The van der Waals surface area contributed by atoms with Crippen molar-refractivity contribution in [3.8, 4) is 0 Å². The Morgan fingerprint density at radius 3 is 1.47 bits per heavy atom. The number of hydrogen-bond acceptors (Lipinski definition) is 5. The summed E-state index contributed by atoms with van der Waals surface area (Å²) in [7, 11) is 0. The first-order valence-corrected chi connectivity index (χ1v) is 5.86. The zero-order chi connectivity index (χ0) is 12.4. The maximum atomic E-state index is 5.88. The van der Waals surface area contributed by atoms with Crippen LogP contribution in [0.4, 0.5) is 22.7 Å². The van der Waals surface area contributed by atoms with E-state index in [1.165, 1.54) is 11.8 Å². The van der Waals surface area contributed by atoms with Crippen molar-refractivity contribution in [1.29, 1.82) is 0 Å². The van der Waals surface area contributed by atoms with Crippen LogP contribution < -0.4 is 22.9 Å². The molecule has 17 heavy (non-hydrogen) atoms. The molecular weight excluding hydrogens is 232 g/mol. The molecule has 0 aromatic heterocycles. The van der Waals surface area contributed by atoms with E-state index in [0.29, 0.717) is 22.7 Å². The second-order valence-corrected chi connectivity index (χ2v) is 4.78. The third-order valence-corrected chi connectivity index (χ3v) is 3.44. The smallest absolute Gasteiger partial charge is 0.0457 e. The monoisotopic (exact) mass is 246 g/mol. The van der Waals surface area contributed by atoms with Gasteiger partial charge in [0.05, 0.1) is 0 Å². The molecule has 0 aliphatic rings. The molecule has 0 saturated carbocycles. The summed E-state index contributed by atoms with van der Waals surface area (Å²) >= 11 is 1.46. The maximum Gasteiger partial charge on any atom is 0.0457 e. The second kappa shape index (κ2) is 4.47. The number of rotatable bonds is 2. The summed E-state index contributed by atoms with van der Waals surface area (Å²) in [4.78, 5) is 1.75. The summed E-state index contributed by atoms with van der Waals surface area (Å²) in [6.45, 7) is 0. The predicted octanol–water partition coefficient (Wildman–Crippen LogP) is 2.17. The average Bonchev–Trinajstić information content (AvgIpc) is 2.28. The fraction of sp³-hybridized carbons (Fsp3) is 0. The highest BCUT2D eigenvalue weighted by atomic mass is 32.2. The van der Waals surface area contributed by atoms with E-state index in [2.05, 4.69) is 0 Å². The molecule has 0 saturated heterocycles. The van der Waals surface area contributed by atoms with Gasteiger partial charge in [-0.3, -0.25) is 0 Å². The molecule has 5 heteroatoms. The molecule has 0 amide bonds. The number of nitrogens with two attached hydrogens (primary N) is 4. The second-order valence-electron chi connectivity index (χ2n) is 3.70. The molecule has 2 aromatic carbocycles. The molecule has 0 spiro atoms. The van der Waals surface area contributed by atoms with E-state index in [4.69, 9.17) is 22.9 Å². The Kier molecular flexibility index (Phi) is 3.01. The Hall–Kier alpha value is -2.01. The molecule has 0 aliphatic heterocycles. The number of anilines is 4. The van der Waals surface area contributed by atoms with E-state index in [-0.39, 0.29) is 0 Å². The summed E-state index contributed by atoms with van der Waals surface area (Å²) < 4.78 is 0. The Bertz CT molecular complexity index is 505. The van der Waals surface area contributed by atoms with E-state index in [0.717, 1.165) is 9.79 Å². The van der Waals surface area contributed by atoms with Crippen molar-refractivity contribution in [2.45, 2.75) is 9.79 Å². The van der Waals surface area contributed by atoms with Gasteiger partial charge in [-0.25, -0.2) is 0 Å². The zero-order valence-corrected chi connectivity index (χ0v) is 10.00. The molecule has 88 valence electrons. The van der Waals surface area contributed by atoms with Gasteiger partial charge in [0.1, 0.15) is 0 Å². The summed E-state index contributed by atoms with van der Waals surface area (Å²) in [6.07, 6.45) is 0. The fourth-order valence-electron chi connectivity index (χ4n) is 1.40. The van der Waals surface area contributed by atoms with E-state index in [1.807, 2.05) is 12.1 Å². The highest BCUT2D eigenvalue weighted by Crippen LogP contribution is 2.37. The lowest BCUT2D eigenvalue weighted by Crippen LogP contribution is -1.94. The predicted molar refractivity (Wildman–Crippen MR) is 74.7 cm³/mol. The third kappa shape index (κ3) is 2.57. The molecule has 0 aliphatic carbocycles. The van der Waals surface area contributed by atoms with Gasteiger partial charge in [0.2, 0.25) is 0 Å². The molecule has 0 heterocycles. The first-order chi connectivity index (χ1) is 8.06. The summed E-state index contributed by atoms with van der Waals surface area (Å²) in [5.74, 6) is 0. The van der Waals surface area contributed by atoms with Gasteiger partial charge < -0.3 is 22.9 Å². The fourth-order valence-corrected chi connectivity index (χ4v) is 2.40. The van der Waals surface area contributed by atoms with Crippen molar-refractivity contribution >= 4 is 34.5 Å². The molecular formula is C12H14N4S. The summed E-state index contributed by atoms with van der Waals surface area (Å²) in [5, 5.41) is 0. The van der Waals surface area contributed by atoms with Crippen molar-refractivity contribution < 1.29 is 0 Å². The molecule has 2 aromatic rings. The largest absolute Gasteiger partial charge is 0.399 e. The zero-order valence-electron chi connectivity index (χ0n) is 9.18. The van der Waals surface area contributed by atoms with Crippen LogP contribution in [0, 0.1) is 0 Å². The van der Waals surface area contributed by atoms with Crippen molar-refractivity contribution in [1.82, 2.24) is 0 Å². The minimum absolute atomic E-state index is 0.671. The standard InChI is InChI=1S/C12H14N4S/c13-7-1-3-9(15)11(5-7)17-12-6-8(14)2-4-10(12)16/h1-6H,13-16H2. The third-order valence-electron chi connectivity index (χ3n) is 2.30. The van der Waals surface area contributed by atoms with Gasteiger partial charge in [0.25, 0.3) is 0 Å². The van der Waals surface area contributed by atoms with Gasteiger partial charge in [0.15, 0.2) is 0 Å². The lowest BCUT2D eigenvalue weighted by molar-refractivity contribution is 1.41. The molecule has 2 rings (SSSR count).